The fourth-order valence-corrected chi connectivity index (χ4v) is 2.00. The van der Waals surface area contributed by atoms with Crippen LogP contribution in [0.3, 0.4) is 0 Å². The Morgan fingerprint density at radius 3 is 2.89 bits per heavy atom. The molecular weight excluding hydrogens is 256 g/mol. The summed E-state index contributed by atoms with van der Waals surface area (Å²) in [5.41, 5.74) is 5.30. The lowest BCUT2D eigenvalue weighted by molar-refractivity contribution is 0.0691. The monoisotopic (exact) mass is 272 g/mol. The minimum absolute atomic E-state index is 0.00723. The van der Waals surface area contributed by atoms with Crippen LogP contribution in [0.15, 0.2) is 5.38 Å². The molecule has 0 radical (unpaired) electrons. The molecule has 1 aromatic rings. The molecule has 1 heterocycles. The molecule has 0 aliphatic carbocycles. The van der Waals surface area contributed by atoms with E-state index in [1.165, 1.54) is 16.7 Å². The van der Waals surface area contributed by atoms with Gasteiger partial charge in [-0.25, -0.2) is 14.6 Å². The van der Waals surface area contributed by atoms with Gasteiger partial charge in [-0.15, -0.1) is 11.3 Å². The summed E-state index contributed by atoms with van der Waals surface area (Å²) in [6, 6.07) is -0.649. The molecule has 5 N–H and O–H groups in total. The molecule has 7 nitrogen and oxygen atoms in total. The van der Waals surface area contributed by atoms with Crippen LogP contribution >= 0.6 is 11.3 Å². The third kappa shape index (κ3) is 4.30. The summed E-state index contributed by atoms with van der Waals surface area (Å²) in [7, 11) is 0. The molecule has 18 heavy (non-hydrogen) atoms. The Kier molecular flexibility index (Phi) is 5.53. The van der Waals surface area contributed by atoms with Gasteiger partial charge in [-0.05, 0) is 19.9 Å². The molecule has 0 spiro atoms. The predicted octanol–water partition coefficient (Wildman–Crippen LogP) is 0.550. The van der Waals surface area contributed by atoms with Crippen molar-refractivity contribution in [1.29, 1.82) is 0 Å². The van der Waals surface area contributed by atoms with E-state index in [0.717, 1.165) is 0 Å². The minimum Gasteiger partial charge on any atom is -0.476 e. The number of carboxylic acid groups (broad SMARTS) is 1. The van der Waals surface area contributed by atoms with E-state index in [2.05, 4.69) is 15.6 Å². The summed E-state index contributed by atoms with van der Waals surface area (Å²) in [4.78, 5) is 26.0. The molecule has 0 fully saturated rings. The van der Waals surface area contributed by atoms with E-state index >= 15 is 0 Å². The van der Waals surface area contributed by atoms with Crippen molar-refractivity contribution >= 4 is 23.3 Å². The Hall–Kier alpha value is -1.67. The van der Waals surface area contributed by atoms with Gasteiger partial charge in [0.15, 0.2) is 5.69 Å². The normalized spacial score (nSPS) is 11.9. The summed E-state index contributed by atoms with van der Waals surface area (Å²) in [6.45, 7) is 2.77. The molecule has 1 atom stereocenters. The van der Waals surface area contributed by atoms with Crippen LogP contribution in [-0.2, 0) is 0 Å². The first kappa shape index (κ1) is 14.4. The topological polar surface area (TPSA) is 117 Å². The van der Waals surface area contributed by atoms with Crippen molar-refractivity contribution in [2.45, 2.75) is 19.4 Å². The number of amides is 2. The second kappa shape index (κ2) is 6.92. The summed E-state index contributed by atoms with van der Waals surface area (Å²) in [5, 5.41) is 16.1. The van der Waals surface area contributed by atoms with Gasteiger partial charge in [0.25, 0.3) is 0 Å². The van der Waals surface area contributed by atoms with Gasteiger partial charge < -0.3 is 21.5 Å². The standard InChI is InChI=1S/C10H16N4O3S/c1-6(13-10(17)12-4-2-3-11)8-14-7(5-18-8)9(15)16/h5-6H,2-4,11H2,1H3,(H,15,16)(H2,12,13,17). The first-order chi connectivity index (χ1) is 8.54. The van der Waals surface area contributed by atoms with Gasteiger partial charge in [0.05, 0.1) is 6.04 Å². The van der Waals surface area contributed by atoms with E-state index in [9.17, 15) is 9.59 Å². The summed E-state index contributed by atoms with van der Waals surface area (Å²) in [6.07, 6.45) is 0.711. The van der Waals surface area contributed by atoms with Crippen molar-refractivity contribution in [3.05, 3.63) is 16.1 Å². The Balaban J connectivity index is 2.46. The Morgan fingerprint density at radius 2 is 2.33 bits per heavy atom. The lowest BCUT2D eigenvalue weighted by atomic mass is 10.3. The molecule has 8 heteroatoms. The van der Waals surface area contributed by atoms with E-state index in [1.54, 1.807) is 6.92 Å². The van der Waals surface area contributed by atoms with Gasteiger partial charge in [0.2, 0.25) is 0 Å². The molecular formula is C10H16N4O3S. The molecule has 0 aliphatic heterocycles. The van der Waals surface area contributed by atoms with Gasteiger partial charge in [-0.3, -0.25) is 0 Å². The summed E-state index contributed by atoms with van der Waals surface area (Å²) < 4.78 is 0. The van der Waals surface area contributed by atoms with Crippen molar-refractivity contribution in [3.8, 4) is 0 Å². The van der Waals surface area contributed by atoms with E-state index in [0.29, 0.717) is 24.5 Å². The van der Waals surface area contributed by atoms with Gasteiger partial charge in [0.1, 0.15) is 5.01 Å². The zero-order chi connectivity index (χ0) is 13.5. The number of thiazole rings is 1. The van der Waals surface area contributed by atoms with Crippen LogP contribution in [0.5, 0.6) is 0 Å². The molecule has 1 aromatic heterocycles. The van der Waals surface area contributed by atoms with E-state index < -0.39 is 5.97 Å². The molecule has 0 saturated carbocycles. The molecule has 0 saturated heterocycles. The number of carbonyl (C=O) groups is 2. The van der Waals surface area contributed by atoms with Crippen LogP contribution in [0, 0.1) is 0 Å². The van der Waals surface area contributed by atoms with Crippen molar-refractivity contribution in [1.82, 2.24) is 15.6 Å². The van der Waals surface area contributed by atoms with Crippen LogP contribution in [0.1, 0.15) is 34.9 Å². The Bertz CT molecular complexity index is 421. The SMILES string of the molecule is CC(NC(=O)NCCCN)c1nc(C(=O)O)cs1. The van der Waals surface area contributed by atoms with Crippen LogP contribution in [0.4, 0.5) is 4.79 Å². The Labute approximate surface area is 108 Å². The van der Waals surface area contributed by atoms with Crippen LogP contribution < -0.4 is 16.4 Å². The number of hydrogen-bond acceptors (Lipinski definition) is 5. The lowest BCUT2D eigenvalue weighted by Crippen LogP contribution is -2.37. The molecule has 2 amide bonds. The highest BCUT2D eigenvalue weighted by Gasteiger charge is 2.15. The molecule has 0 aromatic carbocycles. The summed E-state index contributed by atoms with van der Waals surface area (Å²) >= 11 is 1.20. The minimum atomic E-state index is -1.07. The molecule has 100 valence electrons. The van der Waals surface area contributed by atoms with Crippen molar-refractivity contribution in [2.75, 3.05) is 13.1 Å². The van der Waals surface area contributed by atoms with Gasteiger partial charge >= 0.3 is 12.0 Å². The number of carboxylic acids is 1. The Morgan fingerprint density at radius 1 is 1.61 bits per heavy atom. The highest BCUT2D eigenvalue weighted by molar-refractivity contribution is 7.09. The van der Waals surface area contributed by atoms with E-state index in [1.807, 2.05) is 0 Å². The van der Waals surface area contributed by atoms with Crippen molar-refractivity contribution in [3.63, 3.8) is 0 Å². The third-order valence-corrected chi connectivity index (χ3v) is 3.15. The lowest BCUT2D eigenvalue weighted by Gasteiger charge is -2.11. The molecule has 1 rings (SSSR count). The molecule has 0 aliphatic rings. The first-order valence-electron chi connectivity index (χ1n) is 5.47. The number of aromatic nitrogens is 1. The zero-order valence-corrected chi connectivity index (χ0v) is 10.8. The highest BCUT2D eigenvalue weighted by atomic mass is 32.1. The van der Waals surface area contributed by atoms with Gasteiger partial charge in [-0.1, -0.05) is 0 Å². The second-order valence-corrected chi connectivity index (χ2v) is 4.53. The molecule has 0 bridgehead atoms. The maximum absolute atomic E-state index is 11.4. The number of nitrogens with one attached hydrogen (secondary N) is 2. The summed E-state index contributed by atoms with van der Waals surface area (Å²) in [5.74, 6) is -1.07. The number of hydrogen-bond donors (Lipinski definition) is 4. The number of carbonyl (C=O) groups excluding carboxylic acids is 1. The van der Waals surface area contributed by atoms with Crippen molar-refractivity contribution < 1.29 is 14.7 Å². The second-order valence-electron chi connectivity index (χ2n) is 3.64. The largest absolute Gasteiger partial charge is 0.476 e. The zero-order valence-electron chi connectivity index (χ0n) is 9.97. The van der Waals surface area contributed by atoms with Crippen LogP contribution in [-0.4, -0.2) is 35.2 Å². The van der Waals surface area contributed by atoms with Crippen LogP contribution in [0.2, 0.25) is 0 Å². The van der Waals surface area contributed by atoms with E-state index in [-0.39, 0.29) is 17.8 Å². The van der Waals surface area contributed by atoms with Gasteiger partial charge in [0, 0.05) is 11.9 Å². The smallest absolute Gasteiger partial charge is 0.355 e. The molecule has 1 unspecified atom stereocenters. The van der Waals surface area contributed by atoms with Crippen LogP contribution in [0.25, 0.3) is 0 Å². The maximum Gasteiger partial charge on any atom is 0.355 e. The average molecular weight is 272 g/mol. The number of nitrogens with two attached hydrogens (primary N) is 1. The van der Waals surface area contributed by atoms with E-state index in [4.69, 9.17) is 10.8 Å². The number of rotatable bonds is 6. The number of nitrogens with zero attached hydrogens (tertiary/aromatic N) is 1. The quantitative estimate of drug-likeness (QED) is 0.564. The fourth-order valence-electron chi connectivity index (χ4n) is 1.20. The average Bonchev–Trinajstić information content (AvgIpc) is 2.78. The maximum atomic E-state index is 11.4. The number of urea groups is 1. The number of aromatic carboxylic acids is 1. The highest BCUT2D eigenvalue weighted by Crippen LogP contribution is 2.17. The predicted molar refractivity (Wildman–Crippen MR) is 67.7 cm³/mol. The third-order valence-electron chi connectivity index (χ3n) is 2.13. The fraction of sp³-hybridized carbons (Fsp3) is 0.500. The van der Waals surface area contributed by atoms with Gasteiger partial charge in [-0.2, -0.15) is 0 Å². The van der Waals surface area contributed by atoms with Crippen molar-refractivity contribution in [2.24, 2.45) is 5.73 Å². The first-order valence-corrected chi connectivity index (χ1v) is 6.35.